The van der Waals surface area contributed by atoms with Crippen LogP contribution < -0.4 is 5.73 Å². The molecule has 0 radical (unpaired) electrons. The Labute approximate surface area is 99.8 Å². The van der Waals surface area contributed by atoms with E-state index in [1.807, 2.05) is 13.1 Å². The van der Waals surface area contributed by atoms with Crippen molar-refractivity contribution in [2.24, 2.45) is 5.73 Å². The smallest absolute Gasteiger partial charge is 0.125 e. The van der Waals surface area contributed by atoms with E-state index in [4.69, 9.17) is 15.2 Å². The summed E-state index contributed by atoms with van der Waals surface area (Å²) in [6.45, 7) is 4.78. The van der Waals surface area contributed by atoms with Crippen molar-refractivity contribution in [3.05, 3.63) is 16.1 Å². The third kappa shape index (κ3) is 2.27. The summed E-state index contributed by atoms with van der Waals surface area (Å²) in [6, 6.07) is 0. The predicted molar refractivity (Wildman–Crippen MR) is 63.4 cm³/mol. The summed E-state index contributed by atoms with van der Waals surface area (Å²) in [7, 11) is 0. The van der Waals surface area contributed by atoms with E-state index in [1.165, 1.54) is 0 Å². The molecular weight excluding hydrogens is 224 g/mol. The Hall–Kier alpha value is -0.490. The summed E-state index contributed by atoms with van der Waals surface area (Å²) in [4.78, 5) is 5.57. The fraction of sp³-hybridized carbons (Fsp3) is 0.727. The van der Waals surface area contributed by atoms with Crippen molar-refractivity contribution >= 4 is 11.3 Å². The zero-order valence-corrected chi connectivity index (χ0v) is 10.4. The minimum Gasteiger partial charge on any atom is -0.381 e. The van der Waals surface area contributed by atoms with Gasteiger partial charge < -0.3 is 15.2 Å². The molecular formula is C11H18N2O2S. The monoisotopic (exact) mass is 242 g/mol. The highest BCUT2D eigenvalue weighted by Crippen LogP contribution is 2.38. The number of ether oxygens (including phenoxy) is 2. The molecule has 2 rings (SSSR count). The minimum atomic E-state index is -0.231. The lowest BCUT2D eigenvalue weighted by atomic mass is 9.95. The Morgan fingerprint density at radius 1 is 1.56 bits per heavy atom. The van der Waals surface area contributed by atoms with Crippen LogP contribution in [0, 0.1) is 0 Å². The van der Waals surface area contributed by atoms with Gasteiger partial charge in [-0.15, -0.1) is 11.3 Å². The Bertz CT molecular complexity index is 329. The van der Waals surface area contributed by atoms with E-state index in [1.54, 1.807) is 11.3 Å². The maximum atomic E-state index is 5.94. The van der Waals surface area contributed by atoms with Gasteiger partial charge >= 0.3 is 0 Å². The number of hydrogen-bond acceptors (Lipinski definition) is 5. The summed E-state index contributed by atoms with van der Waals surface area (Å²) >= 11 is 1.66. The normalized spacial score (nSPS) is 19.9. The van der Waals surface area contributed by atoms with Gasteiger partial charge in [0.25, 0.3) is 0 Å². The van der Waals surface area contributed by atoms with Crippen molar-refractivity contribution in [2.45, 2.75) is 31.9 Å². The summed E-state index contributed by atoms with van der Waals surface area (Å²) in [5.74, 6) is 0. The Balaban J connectivity index is 2.23. The van der Waals surface area contributed by atoms with Gasteiger partial charge in [0.05, 0.1) is 0 Å². The molecule has 90 valence electrons. The summed E-state index contributed by atoms with van der Waals surface area (Å²) < 4.78 is 11.3. The van der Waals surface area contributed by atoms with Gasteiger partial charge in [0, 0.05) is 50.3 Å². The van der Waals surface area contributed by atoms with E-state index in [2.05, 4.69) is 4.98 Å². The largest absolute Gasteiger partial charge is 0.381 e. The van der Waals surface area contributed by atoms with Gasteiger partial charge in [-0.05, 0) is 6.92 Å². The molecule has 1 saturated heterocycles. The van der Waals surface area contributed by atoms with Crippen molar-refractivity contribution in [3.63, 3.8) is 0 Å². The number of nitrogens with two attached hydrogens (primary N) is 1. The Morgan fingerprint density at radius 2 is 2.31 bits per heavy atom. The second kappa shape index (κ2) is 5.23. The fourth-order valence-corrected chi connectivity index (χ4v) is 3.00. The second-order valence-corrected chi connectivity index (χ2v) is 4.99. The average molecular weight is 242 g/mol. The van der Waals surface area contributed by atoms with E-state index in [-0.39, 0.29) is 5.60 Å². The molecule has 1 aromatic heterocycles. The number of aromatic nitrogens is 1. The molecule has 0 aliphatic carbocycles. The Kier molecular flexibility index (Phi) is 3.91. The van der Waals surface area contributed by atoms with Crippen molar-refractivity contribution < 1.29 is 9.47 Å². The van der Waals surface area contributed by atoms with E-state index in [0.29, 0.717) is 13.2 Å². The molecule has 1 aliphatic rings. The summed E-state index contributed by atoms with van der Waals surface area (Å²) in [5, 5.41) is 1.05. The lowest BCUT2D eigenvalue weighted by molar-refractivity contribution is -0.112. The van der Waals surface area contributed by atoms with Crippen LogP contribution in [0.3, 0.4) is 0 Å². The van der Waals surface area contributed by atoms with Crippen LogP contribution in [0.25, 0.3) is 0 Å². The molecule has 0 amide bonds. The second-order valence-electron chi connectivity index (χ2n) is 3.88. The fourth-order valence-electron chi connectivity index (χ4n) is 2.01. The van der Waals surface area contributed by atoms with Gasteiger partial charge in [-0.1, -0.05) is 0 Å². The first-order valence-electron chi connectivity index (χ1n) is 5.67. The molecule has 0 saturated carbocycles. The van der Waals surface area contributed by atoms with E-state index in [9.17, 15) is 0 Å². The van der Waals surface area contributed by atoms with Gasteiger partial charge in [0.2, 0.25) is 0 Å². The first kappa shape index (κ1) is 12.0. The van der Waals surface area contributed by atoms with Gasteiger partial charge in [-0.25, -0.2) is 4.98 Å². The lowest BCUT2D eigenvalue weighted by Gasteiger charge is -2.35. The zero-order chi connectivity index (χ0) is 11.4. The van der Waals surface area contributed by atoms with Crippen LogP contribution in [0.2, 0.25) is 0 Å². The third-order valence-electron chi connectivity index (χ3n) is 2.87. The molecule has 1 aliphatic heterocycles. The number of rotatable bonds is 4. The van der Waals surface area contributed by atoms with Crippen LogP contribution in [0.15, 0.2) is 6.20 Å². The molecule has 1 fully saturated rings. The molecule has 0 atom stereocenters. The molecule has 2 N–H and O–H groups in total. The van der Waals surface area contributed by atoms with Crippen LogP contribution >= 0.6 is 11.3 Å². The van der Waals surface area contributed by atoms with E-state index >= 15 is 0 Å². The maximum absolute atomic E-state index is 5.94. The SMILES string of the molecule is CCOC1(c2ncc(CN)s2)CCOCC1. The maximum Gasteiger partial charge on any atom is 0.125 e. The zero-order valence-electron chi connectivity index (χ0n) is 9.57. The molecule has 0 aromatic carbocycles. The van der Waals surface area contributed by atoms with Crippen LogP contribution in [0.4, 0.5) is 0 Å². The summed E-state index contributed by atoms with van der Waals surface area (Å²) in [6.07, 6.45) is 3.63. The highest BCUT2D eigenvalue weighted by molar-refractivity contribution is 7.11. The van der Waals surface area contributed by atoms with Gasteiger partial charge in [0.15, 0.2) is 0 Å². The third-order valence-corrected chi connectivity index (χ3v) is 4.07. The van der Waals surface area contributed by atoms with E-state index < -0.39 is 0 Å². The number of hydrogen-bond donors (Lipinski definition) is 1. The lowest BCUT2D eigenvalue weighted by Crippen LogP contribution is -2.36. The molecule has 0 bridgehead atoms. The number of thiazole rings is 1. The topological polar surface area (TPSA) is 57.4 Å². The molecule has 4 nitrogen and oxygen atoms in total. The molecule has 1 aromatic rings. The predicted octanol–water partition coefficient (Wildman–Crippen LogP) is 1.64. The number of nitrogens with zero attached hydrogens (tertiary/aromatic N) is 1. The van der Waals surface area contributed by atoms with E-state index in [0.717, 1.165) is 35.9 Å². The Morgan fingerprint density at radius 3 is 2.88 bits per heavy atom. The van der Waals surface area contributed by atoms with Gasteiger partial charge in [-0.3, -0.25) is 0 Å². The first-order chi connectivity index (χ1) is 7.80. The average Bonchev–Trinajstić information content (AvgIpc) is 2.80. The van der Waals surface area contributed by atoms with Crippen LogP contribution in [0.1, 0.15) is 29.7 Å². The molecule has 5 heteroatoms. The molecule has 0 unspecified atom stereocenters. The van der Waals surface area contributed by atoms with Crippen LogP contribution in [-0.4, -0.2) is 24.8 Å². The quantitative estimate of drug-likeness (QED) is 0.872. The van der Waals surface area contributed by atoms with Gasteiger partial charge in [-0.2, -0.15) is 0 Å². The van der Waals surface area contributed by atoms with Crippen molar-refractivity contribution in [2.75, 3.05) is 19.8 Å². The highest BCUT2D eigenvalue weighted by atomic mass is 32.1. The standard InChI is InChI=1S/C11H18N2O2S/c1-2-15-11(3-5-14-6-4-11)10-13-8-9(7-12)16-10/h8H,2-7,12H2,1H3. The first-order valence-corrected chi connectivity index (χ1v) is 6.49. The van der Waals surface area contributed by atoms with Crippen LogP contribution in [0.5, 0.6) is 0 Å². The highest BCUT2D eigenvalue weighted by Gasteiger charge is 2.37. The molecule has 0 spiro atoms. The van der Waals surface area contributed by atoms with Crippen molar-refractivity contribution in [3.8, 4) is 0 Å². The summed E-state index contributed by atoms with van der Waals surface area (Å²) in [5.41, 5.74) is 5.38. The van der Waals surface area contributed by atoms with Crippen molar-refractivity contribution in [1.82, 2.24) is 4.98 Å². The molecule has 2 heterocycles. The van der Waals surface area contributed by atoms with Crippen molar-refractivity contribution in [1.29, 1.82) is 0 Å². The molecule has 16 heavy (non-hydrogen) atoms. The minimum absolute atomic E-state index is 0.231. The van der Waals surface area contributed by atoms with Crippen LogP contribution in [-0.2, 0) is 21.6 Å². The van der Waals surface area contributed by atoms with Gasteiger partial charge in [0.1, 0.15) is 10.6 Å².